The Morgan fingerprint density at radius 2 is 2.06 bits per heavy atom. The van der Waals surface area contributed by atoms with Gasteiger partial charge in [0.05, 0.1) is 31.8 Å². The maximum Gasteiger partial charge on any atom is 0.252 e. The van der Waals surface area contributed by atoms with Crippen molar-refractivity contribution in [1.82, 2.24) is 30.1 Å². The lowest BCUT2D eigenvalue weighted by Crippen LogP contribution is -2.30. The van der Waals surface area contributed by atoms with E-state index in [1.165, 1.54) is 5.56 Å². The summed E-state index contributed by atoms with van der Waals surface area (Å²) in [5.41, 5.74) is 2.61. The third-order valence-corrected chi connectivity index (χ3v) is 6.46. The molecule has 4 aromatic rings. The molecule has 1 atom stereocenters. The van der Waals surface area contributed by atoms with Crippen LogP contribution in [0.1, 0.15) is 29.8 Å². The first-order valence-electron chi connectivity index (χ1n) is 12.0. The van der Waals surface area contributed by atoms with E-state index in [1.807, 2.05) is 47.1 Å². The van der Waals surface area contributed by atoms with Crippen molar-refractivity contribution in [3.05, 3.63) is 81.9 Å². The van der Waals surface area contributed by atoms with E-state index in [4.69, 9.17) is 9.47 Å². The number of H-pyrrole nitrogens is 1. The number of aromatic nitrogens is 5. The number of aromatic amines is 1. The number of methoxy groups -OCH3 is 1. The average molecular weight is 475 g/mol. The SMILES string of the molecule is COc1ccc2cc(CN(CCc3ccccc3)Cc3nnnn3C[C@H]3CCCO3)c(=O)[nH]c2c1. The number of nitrogens with one attached hydrogen (secondary N) is 1. The minimum Gasteiger partial charge on any atom is -0.497 e. The first-order valence-corrected chi connectivity index (χ1v) is 12.0. The van der Waals surface area contributed by atoms with Gasteiger partial charge in [-0.15, -0.1) is 5.10 Å². The number of rotatable bonds is 10. The lowest BCUT2D eigenvalue weighted by atomic mass is 10.1. The van der Waals surface area contributed by atoms with Gasteiger partial charge in [-0.2, -0.15) is 0 Å². The molecule has 1 N–H and O–H groups in total. The van der Waals surface area contributed by atoms with Crippen LogP contribution in [0.15, 0.2) is 59.4 Å². The Balaban J connectivity index is 1.38. The monoisotopic (exact) mass is 474 g/mol. The third kappa shape index (κ3) is 5.75. The molecule has 35 heavy (non-hydrogen) atoms. The molecule has 1 saturated heterocycles. The first-order chi connectivity index (χ1) is 17.2. The van der Waals surface area contributed by atoms with Crippen LogP contribution in [0.3, 0.4) is 0 Å². The normalized spacial score (nSPS) is 15.8. The Morgan fingerprint density at radius 1 is 1.17 bits per heavy atom. The van der Waals surface area contributed by atoms with Gasteiger partial charge >= 0.3 is 0 Å². The van der Waals surface area contributed by atoms with E-state index < -0.39 is 0 Å². The fourth-order valence-corrected chi connectivity index (χ4v) is 4.52. The first kappa shape index (κ1) is 23.2. The van der Waals surface area contributed by atoms with E-state index in [1.54, 1.807) is 7.11 Å². The third-order valence-electron chi connectivity index (χ3n) is 6.46. The zero-order valence-corrected chi connectivity index (χ0v) is 19.9. The van der Waals surface area contributed by atoms with Crippen molar-refractivity contribution < 1.29 is 9.47 Å². The zero-order chi connectivity index (χ0) is 24.0. The Morgan fingerprint density at radius 3 is 2.86 bits per heavy atom. The van der Waals surface area contributed by atoms with Crippen molar-refractivity contribution in [2.24, 2.45) is 0 Å². The number of hydrogen-bond acceptors (Lipinski definition) is 7. The Kier molecular flexibility index (Phi) is 7.15. The van der Waals surface area contributed by atoms with E-state index in [-0.39, 0.29) is 11.7 Å². The van der Waals surface area contributed by atoms with Gasteiger partial charge in [0.1, 0.15) is 5.75 Å². The topological polar surface area (TPSA) is 98.2 Å². The quantitative estimate of drug-likeness (QED) is 0.377. The zero-order valence-electron chi connectivity index (χ0n) is 19.9. The van der Waals surface area contributed by atoms with Gasteiger partial charge in [-0.3, -0.25) is 9.69 Å². The molecule has 0 bridgehead atoms. The molecule has 9 heteroatoms. The molecule has 1 fully saturated rings. The van der Waals surface area contributed by atoms with Gasteiger partial charge < -0.3 is 14.5 Å². The second-order valence-electron chi connectivity index (χ2n) is 8.94. The molecule has 2 aromatic heterocycles. The number of hydrogen-bond donors (Lipinski definition) is 1. The van der Waals surface area contributed by atoms with Crippen molar-refractivity contribution in [2.75, 3.05) is 20.3 Å². The van der Waals surface area contributed by atoms with Gasteiger partial charge in [-0.25, -0.2) is 4.68 Å². The molecule has 0 spiro atoms. The Hall–Kier alpha value is -3.56. The summed E-state index contributed by atoms with van der Waals surface area (Å²) in [4.78, 5) is 18.2. The van der Waals surface area contributed by atoms with E-state index in [0.717, 1.165) is 49.1 Å². The fourth-order valence-electron chi connectivity index (χ4n) is 4.52. The standard InChI is InChI=1S/C26H30N6O3/c1-34-22-10-9-20-14-21(26(33)27-24(20)15-22)16-31(12-11-19-6-3-2-4-7-19)18-25-28-29-30-32(25)17-23-8-5-13-35-23/h2-4,6-7,9-10,14-15,23H,5,8,11-13,16-18H2,1H3,(H,27,33)/t23-/m1/s1. The van der Waals surface area contributed by atoms with Gasteiger partial charge in [-0.05, 0) is 58.8 Å². The molecular weight excluding hydrogens is 444 g/mol. The molecular formula is C26H30N6O3. The highest BCUT2D eigenvalue weighted by Crippen LogP contribution is 2.20. The van der Waals surface area contributed by atoms with Gasteiger partial charge in [0, 0.05) is 31.3 Å². The highest BCUT2D eigenvalue weighted by atomic mass is 16.5. The maximum atomic E-state index is 13.0. The van der Waals surface area contributed by atoms with Gasteiger partial charge in [0.15, 0.2) is 5.82 Å². The van der Waals surface area contributed by atoms with Crippen molar-refractivity contribution in [2.45, 2.75) is 45.0 Å². The van der Waals surface area contributed by atoms with E-state index in [2.05, 4.69) is 37.5 Å². The van der Waals surface area contributed by atoms with Crippen LogP contribution < -0.4 is 10.3 Å². The van der Waals surface area contributed by atoms with E-state index in [0.29, 0.717) is 30.9 Å². The summed E-state index contributed by atoms with van der Waals surface area (Å²) in [6.07, 6.45) is 3.10. The highest BCUT2D eigenvalue weighted by Gasteiger charge is 2.20. The Bertz CT molecular complexity index is 1310. The molecule has 1 aliphatic heterocycles. The highest BCUT2D eigenvalue weighted by molar-refractivity contribution is 5.80. The van der Waals surface area contributed by atoms with Crippen molar-refractivity contribution in [1.29, 1.82) is 0 Å². The molecule has 2 aromatic carbocycles. The van der Waals surface area contributed by atoms with Crippen LogP contribution in [0.2, 0.25) is 0 Å². The van der Waals surface area contributed by atoms with Crippen molar-refractivity contribution in [3.8, 4) is 5.75 Å². The molecule has 9 nitrogen and oxygen atoms in total. The molecule has 0 radical (unpaired) electrons. The molecule has 0 amide bonds. The summed E-state index contributed by atoms with van der Waals surface area (Å²) in [6, 6.07) is 18.0. The molecule has 5 rings (SSSR count). The predicted octanol–water partition coefficient (Wildman–Crippen LogP) is 2.95. The van der Waals surface area contributed by atoms with Crippen LogP contribution in [0.4, 0.5) is 0 Å². The number of tetrazole rings is 1. The second-order valence-corrected chi connectivity index (χ2v) is 8.94. The van der Waals surface area contributed by atoms with Crippen LogP contribution in [-0.4, -0.2) is 56.5 Å². The molecule has 0 aliphatic carbocycles. The fraction of sp³-hybridized carbons (Fsp3) is 0.385. The number of pyridine rings is 1. The minimum absolute atomic E-state index is 0.102. The van der Waals surface area contributed by atoms with Gasteiger partial charge in [0.25, 0.3) is 5.56 Å². The average Bonchev–Trinajstić information content (AvgIpc) is 3.56. The number of fused-ring (bicyclic) bond motifs is 1. The predicted molar refractivity (Wildman–Crippen MR) is 132 cm³/mol. The van der Waals surface area contributed by atoms with Crippen LogP contribution >= 0.6 is 0 Å². The number of nitrogens with zero attached hydrogens (tertiary/aromatic N) is 5. The molecule has 182 valence electrons. The summed E-state index contributed by atoms with van der Waals surface area (Å²) in [5.74, 6) is 1.49. The molecule has 3 heterocycles. The van der Waals surface area contributed by atoms with Gasteiger partial charge in [-0.1, -0.05) is 30.3 Å². The van der Waals surface area contributed by atoms with Crippen LogP contribution in [0, 0.1) is 0 Å². The summed E-state index contributed by atoms with van der Waals surface area (Å²) < 4.78 is 12.9. The summed E-state index contributed by atoms with van der Waals surface area (Å²) >= 11 is 0. The van der Waals surface area contributed by atoms with E-state index in [9.17, 15) is 4.79 Å². The van der Waals surface area contributed by atoms with Crippen LogP contribution in [-0.2, 0) is 30.8 Å². The van der Waals surface area contributed by atoms with Crippen molar-refractivity contribution in [3.63, 3.8) is 0 Å². The summed E-state index contributed by atoms with van der Waals surface area (Å²) in [7, 11) is 1.62. The van der Waals surface area contributed by atoms with Crippen LogP contribution in [0.5, 0.6) is 5.75 Å². The summed E-state index contributed by atoms with van der Waals surface area (Å²) in [5, 5.41) is 13.4. The minimum atomic E-state index is -0.102. The second kappa shape index (κ2) is 10.8. The van der Waals surface area contributed by atoms with Gasteiger partial charge in [0.2, 0.25) is 0 Å². The van der Waals surface area contributed by atoms with Crippen LogP contribution in [0.25, 0.3) is 10.9 Å². The number of ether oxygens (including phenoxy) is 2. The molecule has 0 unspecified atom stereocenters. The largest absolute Gasteiger partial charge is 0.497 e. The lowest BCUT2D eigenvalue weighted by Gasteiger charge is -2.22. The molecule has 1 aliphatic rings. The summed E-state index contributed by atoms with van der Waals surface area (Å²) in [6.45, 7) is 3.22. The maximum absolute atomic E-state index is 13.0. The Labute approximate surface area is 203 Å². The smallest absolute Gasteiger partial charge is 0.252 e. The molecule has 0 saturated carbocycles. The lowest BCUT2D eigenvalue weighted by molar-refractivity contribution is 0.0916. The van der Waals surface area contributed by atoms with E-state index >= 15 is 0 Å². The van der Waals surface area contributed by atoms with Crippen molar-refractivity contribution >= 4 is 10.9 Å². The number of benzene rings is 2.